The molecule has 0 radical (unpaired) electrons. The number of piperidine rings is 1. The van der Waals surface area contributed by atoms with Crippen molar-refractivity contribution in [3.63, 3.8) is 0 Å². The fourth-order valence-corrected chi connectivity index (χ4v) is 5.00. The summed E-state index contributed by atoms with van der Waals surface area (Å²) < 4.78 is 6.00. The van der Waals surface area contributed by atoms with Crippen LogP contribution in [0.2, 0.25) is 5.02 Å². The van der Waals surface area contributed by atoms with E-state index in [1.165, 1.54) is 7.11 Å². The number of nitrogens with zero attached hydrogens (tertiary/aromatic N) is 1. The van der Waals surface area contributed by atoms with Gasteiger partial charge in [-0.15, -0.1) is 0 Å². The summed E-state index contributed by atoms with van der Waals surface area (Å²) in [6.07, 6.45) is 3.34. The Morgan fingerprint density at radius 2 is 1.61 bits per heavy atom. The Labute approximate surface area is 208 Å². The first-order valence-electron chi connectivity index (χ1n) is 11.3. The summed E-state index contributed by atoms with van der Waals surface area (Å²) in [6.45, 7) is 3.13. The molecule has 1 amide bonds. The minimum Gasteiger partial charge on any atom is -0.468 e. The van der Waals surface area contributed by atoms with Crippen molar-refractivity contribution in [2.24, 2.45) is 11.8 Å². The van der Waals surface area contributed by atoms with Crippen LogP contribution in [-0.2, 0) is 14.3 Å². The normalized spacial score (nSPS) is 16.5. The number of rotatable bonds is 8. The van der Waals surface area contributed by atoms with Gasteiger partial charge in [-0.2, -0.15) is 0 Å². The molecule has 7 heteroatoms. The van der Waals surface area contributed by atoms with Crippen molar-refractivity contribution >= 4 is 45.2 Å². The SMILES string of the molecule is CC[C@H](C(=O)c1ccc(Cl)cc1)[C@@H](c1ccc(Br)cc1)[C@H](C(=O)OC)C(=O)N1CCCCC1. The largest absolute Gasteiger partial charge is 0.468 e. The van der Waals surface area contributed by atoms with Crippen LogP contribution in [-0.4, -0.2) is 42.8 Å². The molecule has 0 aliphatic carbocycles. The van der Waals surface area contributed by atoms with Crippen LogP contribution in [0.15, 0.2) is 53.0 Å². The zero-order chi connectivity index (χ0) is 24.0. The van der Waals surface area contributed by atoms with Crippen molar-refractivity contribution in [1.29, 1.82) is 0 Å². The number of esters is 1. The molecule has 0 N–H and O–H groups in total. The van der Waals surface area contributed by atoms with E-state index in [1.54, 1.807) is 29.2 Å². The second-order valence-electron chi connectivity index (χ2n) is 8.35. The summed E-state index contributed by atoms with van der Waals surface area (Å²) >= 11 is 9.46. The highest BCUT2D eigenvalue weighted by molar-refractivity contribution is 9.10. The number of Topliss-reactive ketones (excluding diaryl/α,β-unsaturated/α-hetero) is 1. The van der Waals surface area contributed by atoms with Crippen molar-refractivity contribution in [3.05, 3.63) is 69.2 Å². The predicted octanol–water partition coefficient (Wildman–Crippen LogP) is 5.90. The van der Waals surface area contributed by atoms with Gasteiger partial charge in [0.15, 0.2) is 5.78 Å². The van der Waals surface area contributed by atoms with Crippen LogP contribution in [0.25, 0.3) is 0 Å². The maximum atomic E-state index is 13.7. The molecular formula is C26H29BrClNO4. The topological polar surface area (TPSA) is 63.7 Å². The molecule has 5 nitrogen and oxygen atoms in total. The standard InChI is InChI=1S/C26H29BrClNO4/c1-3-21(24(30)18-9-13-20(28)14-10-18)22(17-7-11-19(27)12-8-17)23(26(32)33-2)25(31)29-15-5-4-6-16-29/h7-14,21-23H,3-6,15-16H2,1-2H3/t21-,22+,23-/m0/s1. The molecule has 176 valence electrons. The summed E-state index contributed by atoms with van der Waals surface area (Å²) in [6, 6.07) is 14.2. The lowest BCUT2D eigenvalue weighted by molar-refractivity contribution is -0.155. The molecule has 0 spiro atoms. The van der Waals surface area contributed by atoms with E-state index < -0.39 is 23.7 Å². The minimum atomic E-state index is -1.10. The maximum absolute atomic E-state index is 13.7. The molecule has 0 unspecified atom stereocenters. The third-order valence-corrected chi connectivity index (χ3v) is 7.12. The van der Waals surface area contributed by atoms with E-state index in [9.17, 15) is 14.4 Å². The number of halogens is 2. The fourth-order valence-electron chi connectivity index (χ4n) is 4.61. The first-order chi connectivity index (χ1) is 15.9. The maximum Gasteiger partial charge on any atom is 0.318 e. The Kier molecular flexibility index (Phi) is 9.10. The van der Waals surface area contributed by atoms with Crippen LogP contribution in [0.4, 0.5) is 0 Å². The number of carbonyl (C=O) groups is 3. The lowest BCUT2D eigenvalue weighted by Gasteiger charge is -2.35. The van der Waals surface area contributed by atoms with Gasteiger partial charge in [0.1, 0.15) is 5.92 Å². The molecule has 33 heavy (non-hydrogen) atoms. The number of amides is 1. The van der Waals surface area contributed by atoms with Gasteiger partial charge >= 0.3 is 5.97 Å². The fraction of sp³-hybridized carbons (Fsp3) is 0.423. The second-order valence-corrected chi connectivity index (χ2v) is 9.70. The van der Waals surface area contributed by atoms with Crippen molar-refractivity contribution in [2.75, 3.05) is 20.2 Å². The zero-order valence-electron chi connectivity index (χ0n) is 18.9. The molecule has 1 aliphatic heterocycles. The van der Waals surface area contributed by atoms with Crippen molar-refractivity contribution < 1.29 is 19.1 Å². The number of hydrogen-bond acceptors (Lipinski definition) is 4. The van der Waals surface area contributed by atoms with Gasteiger partial charge in [0.25, 0.3) is 0 Å². The number of benzene rings is 2. The van der Waals surface area contributed by atoms with Gasteiger partial charge in [-0.3, -0.25) is 14.4 Å². The molecule has 1 aliphatic rings. The minimum absolute atomic E-state index is 0.123. The number of hydrogen-bond donors (Lipinski definition) is 0. The average Bonchev–Trinajstić information content (AvgIpc) is 2.84. The van der Waals surface area contributed by atoms with E-state index in [1.807, 2.05) is 31.2 Å². The van der Waals surface area contributed by atoms with Crippen LogP contribution in [0.5, 0.6) is 0 Å². The molecule has 1 fully saturated rings. The lowest BCUT2D eigenvalue weighted by atomic mass is 9.72. The third kappa shape index (κ3) is 6.04. The molecule has 0 bridgehead atoms. The highest BCUT2D eigenvalue weighted by Gasteiger charge is 2.45. The van der Waals surface area contributed by atoms with Crippen molar-refractivity contribution in [3.8, 4) is 0 Å². The number of carbonyl (C=O) groups excluding carboxylic acids is 3. The Bertz CT molecular complexity index is 971. The van der Waals surface area contributed by atoms with E-state index in [-0.39, 0.29) is 11.7 Å². The third-order valence-electron chi connectivity index (χ3n) is 6.34. The van der Waals surface area contributed by atoms with Crippen molar-refractivity contribution in [2.45, 2.75) is 38.5 Å². The highest BCUT2D eigenvalue weighted by Crippen LogP contribution is 2.39. The van der Waals surface area contributed by atoms with E-state index in [4.69, 9.17) is 16.3 Å². The molecule has 1 heterocycles. The highest BCUT2D eigenvalue weighted by atomic mass is 79.9. The van der Waals surface area contributed by atoms with Gasteiger partial charge < -0.3 is 9.64 Å². The lowest BCUT2D eigenvalue weighted by Crippen LogP contribution is -2.47. The Morgan fingerprint density at radius 3 is 2.15 bits per heavy atom. The second kappa shape index (κ2) is 11.8. The Morgan fingerprint density at radius 1 is 1.00 bits per heavy atom. The van der Waals surface area contributed by atoms with Gasteiger partial charge in [-0.05, 0) is 67.6 Å². The molecule has 2 aromatic rings. The smallest absolute Gasteiger partial charge is 0.318 e. The molecule has 2 aromatic carbocycles. The first-order valence-corrected chi connectivity index (χ1v) is 12.5. The molecule has 0 saturated carbocycles. The number of methoxy groups -OCH3 is 1. The first kappa shape index (κ1) is 25.4. The summed E-state index contributed by atoms with van der Waals surface area (Å²) in [5, 5.41) is 0.539. The molecule has 1 saturated heterocycles. The number of ketones is 1. The van der Waals surface area contributed by atoms with Gasteiger partial charge in [0.2, 0.25) is 5.91 Å². The van der Waals surface area contributed by atoms with Crippen LogP contribution in [0.1, 0.15) is 54.4 Å². The molecule has 0 aromatic heterocycles. The summed E-state index contributed by atoms with van der Waals surface area (Å²) in [7, 11) is 1.29. The van der Waals surface area contributed by atoms with Gasteiger partial charge in [-0.25, -0.2) is 0 Å². The van der Waals surface area contributed by atoms with Crippen LogP contribution >= 0.6 is 27.5 Å². The summed E-state index contributed by atoms with van der Waals surface area (Å²) in [4.78, 5) is 42.2. The molecule has 3 rings (SSSR count). The number of likely N-dealkylation sites (tertiary alicyclic amines) is 1. The monoisotopic (exact) mass is 533 g/mol. The number of ether oxygens (including phenoxy) is 1. The quantitative estimate of drug-likeness (QED) is 0.240. The van der Waals surface area contributed by atoms with Crippen LogP contribution < -0.4 is 0 Å². The van der Waals surface area contributed by atoms with Crippen LogP contribution in [0.3, 0.4) is 0 Å². The average molecular weight is 535 g/mol. The van der Waals surface area contributed by atoms with Crippen LogP contribution in [0, 0.1) is 11.8 Å². The van der Waals surface area contributed by atoms with E-state index in [0.29, 0.717) is 30.1 Å². The van der Waals surface area contributed by atoms with Crippen molar-refractivity contribution in [1.82, 2.24) is 4.90 Å². The summed E-state index contributed by atoms with van der Waals surface area (Å²) in [5.74, 6) is -3.35. The van der Waals surface area contributed by atoms with Gasteiger partial charge in [-0.1, -0.05) is 46.6 Å². The summed E-state index contributed by atoms with van der Waals surface area (Å²) in [5.41, 5.74) is 1.26. The predicted molar refractivity (Wildman–Crippen MR) is 132 cm³/mol. The van der Waals surface area contributed by atoms with Gasteiger partial charge in [0.05, 0.1) is 7.11 Å². The van der Waals surface area contributed by atoms with E-state index in [0.717, 1.165) is 29.3 Å². The zero-order valence-corrected chi connectivity index (χ0v) is 21.3. The van der Waals surface area contributed by atoms with Gasteiger partial charge in [0, 0.05) is 40.0 Å². The molecule has 3 atom stereocenters. The van der Waals surface area contributed by atoms with E-state index in [2.05, 4.69) is 15.9 Å². The van der Waals surface area contributed by atoms with E-state index >= 15 is 0 Å². The Hall–Kier alpha value is -2.18. The molecular weight excluding hydrogens is 506 g/mol. The Balaban J connectivity index is 2.09.